The standard InChI is InChI=1S/C24H21F6N3O3/c1-12-10-15(22(35)36)6-9-17(12)13(2)31-21(34)19-18(32-33(3)20(19)24(28,29)30)11-14-4-7-16(8-5-14)23(25,26)27/h4-10,13H,11H2,1-3H3,(H,31,34)(H,35,36)/t13-/m0/s1. The highest BCUT2D eigenvalue weighted by molar-refractivity contribution is 5.97. The van der Waals surface area contributed by atoms with E-state index in [2.05, 4.69) is 10.4 Å². The first-order valence-electron chi connectivity index (χ1n) is 10.5. The summed E-state index contributed by atoms with van der Waals surface area (Å²) in [7, 11) is 1.02. The molecule has 0 saturated heterocycles. The Kier molecular flexibility index (Phi) is 7.19. The van der Waals surface area contributed by atoms with Crippen LogP contribution in [0.1, 0.15) is 67.3 Å². The Labute approximate surface area is 201 Å². The van der Waals surface area contributed by atoms with Gasteiger partial charge in [0.1, 0.15) is 0 Å². The van der Waals surface area contributed by atoms with E-state index < -0.39 is 47.1 Å². The minimum atomic E-state index is -4.94. The van der Waals surface area contributed by atoms with E-state index in [1.165, 1.54) is 25.1 Å². The summed E-state index contributed by atoms with van der Waals surface area (Å²) < 4.78 is 80.5. The SMILES string of the molecule is Cc1cc(C(=O)O)ccc1[C@H](C)NC(=O)c1c(Cc2ccc(C(F)(F)F)cc2)nn(C)c1C(F)(F)F. The molecule has 1 amide bonds. The van der Waals surface area contributed by atoms with Crippen LogP contribution in [0.5, 0.6) is 0 Å². The Bertz CT molecular complexity index is 1290. The molecule has 0 bridgehead atoms. The van der Waals surface area contributed by atoms with Gasteiger partial charge in [0.15, 0.2) is 5.69 Å². The Morgan fingerprint density at radius 1 is 1.03 bits per heavy atom. The molecule has 0 saturated carbocycles. The lowest BCUT2D eigenvalue weighted by molar-refractivity contribution is -0.144. The summed E-state index contributed by atoms with van der Waals surface area (Å²) in [5.74, 6) is -2.23. The van der Waals surface area contributed by atoms with Gasteiger partial charge in [0.2, 0.25) is 0 Å². The van der Waals surface area contributed by atoms with E-state index in [0.29, 0.717) is 15.8 Å². The van der Waals surface area contributed by atoms with Gasteiger partial charge in [-0.05, 0) is 54.8 Å². The predicted molar refractivity (Wildman–Crippen MR) is 116 cm³/mol. The number of carboxylic acid groups (broad SMARTS) is 1. The van der Waals surface area contributed by atoms with Crippen molar-refractivity contribution in [3.63, 3.8) is 0 Å². The summed E-state index contributed by atoms with van der Waals surface area (Å²) in [4.78, 5) is 24.2. The first-order valence-corrected chi connectivity index (χ1v) is 10.5. The number of benzene rings is 2. The maximum atomic E-state index is 13.8. The molecule has 0 unspecified atom stereocenters. The van der Waals surface area contributed by atoms with Crippen molar-refractivity contribution in [2.24, 2.45) is 7.05 Å². The Balaban J connectivity index is 1.96. The zero-order valence-electron chi connectivity index (χ0n) is 19.3. The van der Waals surface area contributed by atoms with E-state index >= 15 is 0 Å². The van der Waals surface area contributed by atoms with E-state index in [1.54, 1.807) is 6.92 Å². The van der Waals surface area contributed by atoms with Crippen LogP contribution in [0.3, 0.4) is 0 Å². The molecule has 192 valence electrons. The zero-order valence-corrected chi connectivity index (χ0v) is 19.3. The molecular weight excluding hydrogens is 492 g/mol. The van der Waals surface area contributed by atoms with E-state index in [4.69, 9.17) is 5.11 Å². The number of amides is 1. The molecule has 6 nitrogen and oxygen atoms in total. The van der Waals surface area contributed by atoms with Gasteiger partial charge in [-0.25, -0.2) is 4.79 Å². The molecule has 2 aromatic carbocycles. The van der Waals surface area contributed by atoms with Crippen LogP contribution in [0.2, 0.25) is 0 Å². The average molecular weight is 513 g/mol. The zero-order chi connectivity index (χ0) is 27.0. The Hall–Kier alpha value is -3.83. The highest BCUT2D eigenvalue weighted by Gasteiger charge is 2.41. The summed E-state index contributed by atoms with van der Waals surface area (Å²) >= 11 is 0. The minimum Gasteiger partial charge on any atom is -0.478 e. The maximum absolute atomic E-state index is 13.8. The molecule has 3 rings (SSSR count). The van der Waals surface area contributed by atoms with Crippen LogP contribution < -0.4 is 5.32 Å². The molecule has 0 aliphatic rings. The average Bonchev–Trinajstić information content (AvgIpc) is 3.09. The first kappa shape index (κ1) is 26.8. The summed E-state index contributed by atoms with van der Waals surface area (Å²) in [6.07, 6.45) is -9.82. The molecule has 0 aliphatic heterocycles. The number of carboxylic acids is 1. The normalized spacial score (nSPS) is 12.9. The smallest absolute Gasteiger partial charge is 0.433 e. The molecule has 0 aliphatic carbocycles. The van der Waals surface area contributed by atoms with Crippen molar-refractivity contribution >= 4 is 11.9 Å². The van der Waals surface area contributed by atoms with Crippen molar-refractivity contribution in [3.05, 3.63) is 87.2 Å². The molecule has 1 heterocycles. The lowest BCUT2D eigenvalue weighted by atomic mass is 9.98. The van der Waals surface area contributed by atoms with Crippen LogP contribution in [0.15, 0.2) is 42.5 Å². The topological polar surface area (TPSA) is 84.2 Å². The van der Waals surface area contributed by atoms with Gasteiger partial charge in [0, 0.05) is 13.5 Å². The van der Waals surface area contributed by atoms with Crippen LogP contribution in [0, 0.1) is 6.92 Å². The summed E-state index contributed by atoms with van der Waals surface area (Å²) in [5.41, 5.74) is -1.96. The predicted octanol–water partition coefficient (Wildman–Crippen LogP) is 5.55. The van der Waals surface area contributed by atoms with Crippen molar-refractivity contribution in [2.45, 2.75) is 38.7 Å². The number of rotatable bonds is 6. The molecule has 12 heteroatoms. The van der Waals surface area contributed by atoms with E-state index in [9.17, 15) is 35.9 Å². The van der Waals surface area contributed by atoms with Gasteiger partial charge in [-0.3, -0.25) is 9.48 Å². The first-order chi connectivity index (χ1) is 16.6. The van der Waals surface area contributed by atoms with Gasteiger partial charge in [-0.2, -0.15) is 31.4 Å². The fraction of sp³-hybridized carbons (Fsp3) is 0.292. The van der Waals surface area contributed by atoms with Crippen molar-refractivity contribution < 1.29 is 41.0 Å². The molecule has 36 heavy (non-hydrogen) atoms. The molecule has 2 N–H and O–H groups in total. The van der Waals surface area contributed by atoms with Gasteiger partial charge in [0.25, 0.3) is 5.91 Å². The van der Waals surface area contributed by atoms with Crippen LogP contribution in [0.4, 0.5) is 26.3 Å². The summed E-state index contributed by atoms with van der Waals surface area (Å²) in [6.45, 7) is 3.13. The number of nitrogens with one attached hydrogen (secondary N) is 1. The fourth-order valence-electron chi connectivity index (χ4n) is 3.91. The number of hydrogen-bond donors (Lipinski definition) is 2. The number of nitrogens with zero attached hydrogens (tertiary/aromatic N) is 2. The fourth-order valence-corrected chi connectivity index (χ4v) is 3.91. The number of hydrogen-bond acceptors (Lipinski definition) is 3. The molecular formula is C24H21F6N3O3. The van der Waals surface area contributed by atoms with Crippen LogP contribution in [0.25, 0.3) is 0 Å². The lowest BCUT2D eigenvalue weighted by Gasteiger charge is -2.18. The molecule has 0 spiro atoms. The maximum Gasteiger partial charge on any atom is 0.433 e. The largest absolute Gasteiger partial charge is 0.478 e. The monoisotopic (exact) mass is 513 g/mol. The second-order valence-corrected chi connectivity index (χ2v) is 8.23. The molecule has 1 aromatic heterocycles. The number of carbonyl (C=O) groups excluding carboxylic acids is 1. The third-order valence-electron chi connectivity index (χ3n) is 5.60. The van der Waals surface area contributed by atoms with Gasteiger partial charge in [-0.1, -0.05) is 18.2 Å². The molecule has 3 aromatic rings. The van der Waals surface area contributed by atoms with Gasteiger partial charge < -0.3 is 10.4 Å². The third-order valence-corrected chi connectivity index (χ3v) is 5.60. The second kappa shape index (κ2) is 9.67. The van der Waals surface area contributed by atoms with Crippen molar-refractivity contribution in [3.8, 4) is 0 Å². The van der Waals surface area contributed by atoms with E-state index in [1.807, 2.05) is 0 Å². The minimum absolute atomic E-state index is 0.0141. The van der Waals surface area contributed by atoms with Crippen LogP contribution in [-0.2, 0) is 25.8 Å². The van der Waals surface area contributed by atoms with Gasteiger partial charge >= 0.3 is 18.3 Å². The van der Waals surface area contributed by atoms with E-state index in [-0.39, 0.29) is 23.2 Å². The van der Waals surface area contributed by atoms with Crippen molar-refractivity contribution in [1.82, 2.24) is 15.1 Å². The second-order valence-electron chi connectivity index (χ2n) is 8.23. The summed E-state index contributed by atoms with van der Waals surface area (Å²) in [5, 5.41) is 15.4. The van der Waals surface area contributed by atoms with Crippen LogP contribution >= 0.6 is 0 Å². The third kappa shape index (κ3) is 5.69. The Morgan fingerprint density at radius 2 is 1.64 bits per heavy atom. The highest BCUT2D eigenvalue weighted by atomic mass is 19.4. The molecule has 0 fully saturated rings. The van der Waals surface area contributed by atoms with Gasteiger partial charge in [-0.15, -0.1) is 0 Å². The van der Waals surface area contributed by atoms with Crippen molar-refractivity contribution in [2.75, 3.05) is 0 Å². The number of halogens is 6. The Morgan fingerprint density at radius 3 is 2.14 bits per heavy atom. The number of alkyl halides is 6. The quantitative estimate of drug-likeness (QED) is 0.424. The van der Waals surface area contributed by atoms with Gasteiger partial charge in [0.05, 0.1) is 28.4 Å². The molecule has 0 radical (unpaired) electrons. The number of aromatic carboxylic acids is 1. The van der Waals surface area contributed by atoms with Crippen molar-refractivity contribution in [1.29, 1.82) is 0 Å². The van der Waals surface area contributed by atoms with Crippen LogP contribution in [-0.4, -0.2) is 26.8 Å². The summed E-state index contributed by atoms with van der Waals surface area (Å²) in [6, 6.07) is 7.19. The van der Waals surface area contributed by atoms with E-state index in [0.717, 1.165) is 31.3 Å². The number of aromatic nitrogens is 2. The highest BCUT2D eigenvalue weighted by Crippen LogP contribution is 2.35. The number of aryl methyl sites for hydroxylation is 2. The lowest BCUT2D eigenvalue weighted by Crippen LogP contribution is -2.30. The molecule has 1 atom stereocenters. The number of carbonyl (C=O) groups is 2.